The molecule has 0 N–H and O–H groups in total. The lowest BCUT2D eigenvalue weighted by Gasteiger charge is -2.07. The molecule has 0 aliphatic carbocycles. The number of hydrogen-bond donors (Lipinski definition) is 0. The topological polar surface area (TPSA) is 98.4 Å². The van der Waals surface area contributed by atoms with Gasteiger partial charge in [-0.15, -0.1) is 0 Å². The first-order chi connectivity index (χ1) is 10.3. The van der Waals surface area contributed by atoms with E-state index in [0.717, 1.165) is 0 Å². The zero-order chi connectivity index (χ0) is 15.1. The molecule has 0 saturated carbocycles. The molecule has 0 radical (unpaired) electrons. The molecular weight excluding hydrogens is 266 g/mol. The van der Waals surface area contributed by atoms with Gasteiger partial charge in [0, 0.05) is 6.54 Å². The van der Waals surface area contributed by atoms with E-state index in [0.29, 0.717) is 30.9 Å². The molecule has 0 unspecified atom stereocenters. The summed E-state index contributed by atoms with van der Waals surface area (Å²) in [6, 6.07) is 12.8. The number of rotatable bonds is 5. The summed E-state index contributed by atoms with van der Waals surface area (Å²) in [6.45, 7) is 0.981. The number of nitriles is 3. The van der Waals surface area contributed by atoms with Crippen LogP contribution in [-0.4, -0.2) is 16.2 Å². The molecule has 0 saturated heterocycles. The number of nitrogens with zero attached hydrogens (tertiary/aromatic N) is 5. The van der Waals surface area contributed by atoms with Crippen LogP contribution in [0.15, 0.2) is 30.6 Å². The Morgan fingerprint density at radius 3 is 2.71 bits per heavy atom. The molecule has 2 rings (SSSR count). The van der Waals surface area contributed by atoms with Crippen LogP contribution in [-0.2, 0) is 6.54 Å². The number of aromatic nitrogens is 2. The van der Waals surface area contributed by atoms with Crippen molar-refractivity contribution in [2.45, 2.75) is 13.0 Å². The van der Waals surface area contributed by atoms with Crippen LogP contribution in [0.2, 0.25) is 0 Å². The molecule has 21 heavy (non-hydrogen) atoms. The van der Waals surface area contributed by atoms with Gasteiger partial charge in [0.25, 0.3) is 0 Å². The zero-order valence-corrected chi connectivity index (χ0v) is 11.2. The highest BCUT2D eigenvalue weighted by atomic mass is 16.5. The second-order valence-corrected chi connectivity index (χ2v) is 4.20. The minimum Gasteiger partial charge on any atom is -0.493 e. The summed E-state index contributed by atoms with van der Waals surface area (Å²) >= 11 is 0. The molecule has 0 aliphatic heterocycles. The van der Waals surface area contributed by atoms with Gasteiger partial charge in [-0.1, -0.05) is 6.07 Å². The van der Waals surface area contributed by atoms with E-state index in [9.17, 15) is 0 Å². The average Bonchev–Trinajstić information content (AvgIpc) is 2.93. The van der Waals surface area contributed by atoms with Crippen molar-refractivity contribution in [2.75, 3.05) is 6.61 Å². The van der Waals surface area contributed by atoms with Crippen LogP contribution in [0.1, 0.15) is 23.4 Å². The standard InChI is InChI=1S/C15H11N5O/c16-8-12-3-1-4-13(7-12)21-6-2-5-20-11-19-14(9-17)15(20)10-18/h1,3-4,7,11H,2,5-6H2. The lowest BCUT2D eigenvalue weighted by molar-refractivity contribution is 0.301. The van der Waals surface area contributed by atoms with Gasteiger partial charge in [-0.3, -0.25) is 0 Å². The normalized spacial score (nSPS) is 9.38. The fourth-order valence-electron chi connectivity index (χ4n) is 1.83. The summed E-state index contributed by atoms with van der Waals surface area (Å²) in [4.78, 5) is 3.87. The number of benzene rings is 1. The van der Waals surface area contributed by atoms with Crippen molar-refractivity contribution in [1.29, 1.82) is 15.8 Å². The molecule has 0 amide bonds. The number of hydrogen-bond acceptors (Lipinski definition) is 5. The van der Waals surface area contributed by atoms with Crippen molar-refractivity contribution in [2.24, 2.45) is 0 Å². The van der Waals surface area contributed by atoms with E-state index < -0.39 is 0 Å². The minimum atomic E-state index is 0.139. The van der Waals surface area contributed by atoms with Crippen molar-refractivity contribution >= 4 is 0 Å². The third-order valence-corrected chi connectivity index (χ3v) is 2.82. The number of imidazole rings is 1. The lowest BCUT2D eigenvalue weighted by atomic mass is 10.2. The van der Waals surface area contributed by atoms with Gasteiger partial charge in [0.15, 0.2) is 11.4 Å². The molecule has 6 heteroatoms. The van der Waals surface area contributed by atoms with Crippen molar-refractivity contribution in [3.8, 4) is 24.0 Å². The van der Waals surface area contributed by atoms with Gasteiger partial charge >= 0.3 is 0 Å². The maximum absolute atomic E-state index is 8.99. The molecule has 0 spiro atoms. The quantitative estimate of drug-likeness (QED) is 0.778. The van der Waals surface area contributed by atoms with Gasteiger partial charge in [-0.2, -0.15) is 15.8 Å². The molecule has 102 valence electrons. The van der Waals surface area contributed by atoms with Gasteiger partial charge in [-0.05, 0) is 24.6 Å². The minimum absolute atomic E-state index is 0.139. The van der Waals surface area contributed by atoms with E-state index in [4.69, 9.17) is 20.5 Å². The van der Waals surface area contributed by atoms with Crippen LogP contribution in [0.5, 0.6) is 5.75 Å². The van der Waals surface area contributed by atoms with Gasteiger partial charge in [0.1, 0.15) is 17.9 Å². The highest BCUT2D eigenvalue weighted by molar-refractivity contribution is 5.36. The predicted molar refractivity (Wildman–Crippen MR) is 72.9 cm³/mol. The highest BCUT2D eigenvalue weighted by Crippen LogP contribution is 2.13. The van der Waals surface area contributed by atoms with Crippen LogP contribution < -0.4 is 4.74 Å². The summed E-state index contributed by atoms with van der Waals surface area (Å²) in [5.74, 6) is 0.637. The Morgan fingerprint density at radius 2 is 2.00 bits per heavy atom. The van der Waals surface area contributed by atoms with Gasteiger partial charge in [-0.25, -0.2) is 4.98 Å². The molecule has 0 fully saturated rings. The van der Waals surface area contributed by atoms with Crippen molar-refractivity contribution in [1.82, 2.24) is 9.55 Å². The molecule has 0 atom stereocenters. The monoisotopic (exact) mass is 277 g/mol. The Balaban J connectivity index is 1.88. The second kappa shape index (κ2) is 6.75. The first kappa shape index (κ1) is 14.1. The SMILES string of the molecule is N#Cc1cccc(OCCCn2cnc(C#N)c2C#N)c1. The Morgan fingerprint density at radius 1 is 1.14 bits per heavy atom. The predicted octanol–water partition coefficient (Wildman–Crippen LogP) is 1.97. The Kier molecular flexibility index (Phi) is 4.54. The third-order valence-electron chi connectivity index (χ3n) is 2.82. The second-order valence-electron chi connectivity index (χ2n) is 4.20. The fourth-order valence-corrected chi connectivity index (χ4v) is 1.83. The number of ether oxygens (including phenoxy) is 1. The molecule has 2 aromatic rings. The third kappa shape index (κ3) is 3.37. The Hall–Kier alpha value is -3.30. The largest absolute Gasteiger partial charge is 0.493 e. The van der Waals surface area contributed by atoms with E-state index in [1.165, 1.54) is 6.33 Å². The maximum Gasteiger partial charge on any atom is 0.176 e. The van der Waals surface area contributed by atoms with Crippen LogP contribution in [0, 0.1) is 34.0 Å². The highest BCUT2D eigenvalue weighted by Gasteiger charge is 2.09. The van der Waals surface area contributed by atoms with E-state index >= 15 is 0 Å². The first-order valence-corrected chi connectivity index (χ1v) is 6.26. The van der Waals surface area contributed by atoms with Crippen LogP contribution in [0.25, 0.3) is 0 Å². The molecular formula is C15H11N5O. The average molecular weight is 277 g/mol. The fraction of sp³-hybridized carbons (Fsp3) is 0.200. The molecule has 1 heterocycles. The van der Waals surface area contributed by atoms with E-state index in [1.807, 2.05) is 18.2 Å². The molecule has 0 aliphatic rings. The molecule has 0 bridgehead atoms. The molecule has 1 aromatic carbocycles. The Bertz CT molecular complexity index is 758. The van der Waals surface area contributed by atoms with Crippen molar-refractivity contribution in [3.63, 3.8) is 0 Å². The smallest absolute Gasteiger partial charge is 0.176 e. The van der Waals surface area contributed by atoms with Crippen LogP contribution >= 0.6 is 0 Å². The number of aryl methyl sites for hydroxylation is 1. The summed E-state index contributed by atoms with van der Waals surface area (Å²) in [5.41, 5.74) is 0.955. The van der Waals surface area contributed by atoms with Crippen LogP contribution in [0.3, 0.4) is 0 Å². The van der Waals surface area contributed by atoms with E-state index in [1.54, 1.807) is 28.8 Å². The zero-order valence-electron chi connectivity index (χ0n) is 11.2. The summed E-state index contributed by atoms with van der Waals surface area (Å²) in [7, 11) is 0. The van der Waals surface area contributed by atoms with Gasteiger partial charge in [0.05, 0.1) is 24.6 Å². The van der Waals surface area contributed by atoms with Crippen molar-refractivity contribution in [3.05, 3.63) is 47.5 Å². The van der Waals surface area contributed by atoms with E-state index in [2.05, 4.69) is 4.98 Å². The van der Waals surface area contributed by atoms with Crippen LogP contribution in [0.4, 0.5) is 0 Å². The summed E-state index contributed by atoms with van der Waals surface area (Å²) in [6.07, 6.45) is 2.14. The summed E-state index contributed by atoms with van der Waals surface area (Å²) in [5, 5.41) is 26.6. The Labute approximate surface area is 122 Å². The van der Waals surface area contributed by atoms with Gasteiger partial charge < -0.3 is 9.30 Å². The first-order valence-electron chi connectivity index (χ1n) is 6.26. The van der Waals surface area contributed by atoms with Gasteiger partial charge in [0.2, 0.25) is 0 Å². The summed E-state index contributed by atoms with van der Waals surface area (Å²) < 4.78 is 7.18. The van der Waals surface area contributed by atoms with E-state index in [-0.39, 0.29) is 11.4 Å². The molecule has 1 aromatic heterocycles. The lowest BCUT2D eigenvalue weighted by Crippen LogP contribution is -2.05. The van der Waals surface area contributed by atoms with Crippen molar-refractivity contribution < 1.29 is 4.74 Å². The maximum atomic E-state index is 8.99. The molecule has 6 nitrogen and oxygen atoms in total.